The fourth-order valence-electron chi connectivity index (χ4n) is 2.59. The molecule has 15 heavy (non-hydrogen) atoms. The molecule has 1 unspecified atom stereocenters. The van der Waals surface area contributed by atoms with Gasteiger partial charge in [0.1, 0.15) is 0 Å². The highest BCUT2D eigenvalue weighted by atomic mass is 16.5. The van der Waals surface area contributed by atoms with E-state index in [-0.39, 0.29) is 11.6 Å². The highest BCUT2D eigenvalue weighted by molar-refractivity contribution is 5.18. The molecule has 88 valence electrons. The summed E-state index contributed by atoms with van der Waals surface area (Å²) in [6.45, 7) is 4.33. The van der Waals surface area contributed by atoms with Gasteiger partial charge in [-0.3, -0.25) is 0 Å². The van der Waals surface area contributed by atoms with E-state index in [9.17, 15) is 0 Å². The summed E-state index contributed by atoms with van der Waals surface area (Å²) < 4.78 is 5.69. The van der Waals surface area contributed by atoms with Gasteiger partial charge < -0.3 is 10.5 Å². The van der Waals surface area contributed by atoms with E-state index in [2.05, 4.69) is 19.9 Å². The summed E-state index contributed by atoms with van der Waals surface area (Å²) in [4.78, 5) is 0. The van der Waals surface area contributed by atoms with Crippen LogP contribution in [0.15, 0.2) is 11.6 Å². The number of nitrogens with two attached hydrogens (primary N) is 1. The van der Waals surface area contributed by atoms with Crippen LogP contribution >= 0.6 is 0 Å². The lowest BCUT2D eigenvalue weighted by atomic mass is 9.80. The quantitative estimate of drug-likeness (QED) is 0.709. The average Bonchev–Trinajstić information content (AvgIpc) is 2.33. The molecule has 0 spiro atoms. The maximum absolute atomic E-state index is 6.37. The van der Waals surface area contributed by atoms with Crippen LogP contribution in [0, 0.1) is 0 Å². The van der Waals surface area contributed by atoms with Crippen molar-refractivity contribution in [2.45, 2.75) is 64.0 Å². The molecule has 0 aromatic rings. The Balaban J connectivity index is 2.78. The van der Waals surface area contributed by atoms with Crippen molar-refractivity contribution in [2.75, 3.05) is 7.11 Å². The van der Waals surface area contributed by atoms with Crippen LogP contribution < -0.4 is 5.73 Å². The smallest absolute Gasteiger partial charge is 0.0861 e. The van der Waals surface area contributed by atoms with E-state index < -0.39 is 0 Å². The van der Waals surface area contributed by atoms with E-state index in [0.717, 1.165) is 19.3 Å². The highest BCUT2D eigenvalue weighted by Gasteiger charge is 2.35. The minimum absolute atomic E-state index is 0.0813. The zero-order chi connectivity index (χ0) is 11.3. The van der Waals surface area contributed by atoms with Gasteiger partial charge in [0.25, 0.3) is 0 Å². The van der Waals surface area contributed by atoms with Gasteiger partial charge in [0.15, 0.2) is 0 Å². The van der Waals surface area contributed by atoms with Crippen molar-refractivity contribution in [2.24, 2.45) is 5.73 Å². The number of methoxy groups -OCH3 is 1. The molecule has 2 N–H and O–H groups in total. The van der Waals surface area contributed by atoms with Crippen LogP contribution in [0.25, 0.3) is 0 Å². The lowest BCUT2D eigenvalue weighted by Gasteiger charge is -2.38. The summed E-state index contributed by atoms with van der Waals surface area (Å²) in [6, 6.07) is 0.0813. The molecule has 1 aliphatic carbocycles. The topological polar surface area (TPSA) is 35.2 Å². The third kappa shape index (κ3) is 2.61. The van der Waals surface area contributed by atoms with Crippen molar-refractivity contribution in [3.8, 4) is 0 Å². The first kappa shape index (κ1) is 12.7. The van der Waals surface area contributed by atoms with Crippen LogP contribution in [0.3, 0.4) is 0 Å². The Labute approximate surface area is 93.9 Å². The third-order valence-corrected chi connectivity index (χ3v) is 3.90. The number of allylic oxidation sites excluding steroid dienone is 1. The van der Waals surface area contributed by atoms with E-state index in [4.69, 9.17) is 10.5 Å². The normalized spacial score (nSPS) is 19.9. The number of ether oxygens (including phenoxy) is 1. The molecule has 0 fully saturated rings. The van der Waals surface area contributed by atoms with Gasteiger partial charge in [-0.05, 0) is 38.5 Å². The molecule has 0 aromatic heterocycles. The Kier molecular flexibility index (Phi) is 4.81. The predicted octanol–water partition coefficient (Wildman–Crippen LogP) is 3.02. The minimum Gasteiger partial charge on any atom is -0.376 e. The molecule has 0 bridgehead atoms. The molecular weight excluding hydrogens is 186 g/mol. The molecule has 2 nitrogen and oxygen atoms in total. The lowest BCUT2D eigenvalue weighted by molar-refractivity contribution is -0.0299. The van der Waals surface area contributed by atoms with Crippen LogP contribution in [0.2, 0.25) is 0 Å². The van der Waals surface area contributed by atoms with Crippen LogP contribution in [0.4, 0.5) is 0 Å². The molecule has 0 aliphatic heterocycles. The van der Waals surface area contributed by atoms with Gasteiger partial charge in [-0.1, -0.05) is 25.5 Å². The minimum atomic E-state index is -0.150. The molecule has 1 rings (SSSR count). The summed E-state index contributed by atoms with van der Waals surface area (Å²) in [6.07, 6.45) is 9.24. The largest absolute Gasteiger partial charge is 0.376 e. The first-order chi connectivity index (χ1) is 7.20. The van der Waals surface area contributed by atoms with Gasteiger partial charge in [0.2, 0.25) is 0 Å². The summed E-state index contributed by atoms with van der Waals surface area (Å²) in [5, 5.41) is 0. The van der Waals surface area contributed by atoms with Gasteiger partial charge in [0.05, 0.1) is 11.6 Å². The second-order valence-corrected chi connectivity index (χ2v) is 4.48. The molecule has 2 heteroatoms. The first-order valence-corrected chi connectivity index (χ1v) is 6.19. The third-order valence-electron chi connectivity index (χ3n) is 3.90. The van der Waals surface area contributed by atoms with E-state index in [1.165, 1.54) is 24.8 Å². The SMILES string of the molecule is CCC(CC)(OC)C(N)C1=CCCCC1. The fourth-order valence-corrected chi connectivity index (χ4v) is 2.59. The van der Waals surface area contributed by atoms with Crippen molar-refractivity contribution in [1.29, 1.82) is 0 Å². The monoisotopic (exact) mass is 211 g/mol. The highest BCUT2D eigenvalue weighted by Crippen LogP contribution is 2.31. The van der Waals surface area contributed by atoms with Gasteiger partial charge in [-0.2, -0.15) is 0 Å². The predicted molar refractivity (Wildman–Crippen MR) is 64.8 cm³/mol. The molecule has 0 aromatic carbocycles. The summed E-state index contributed by atoms with van der Waals surface area (Å²) in [7, 11) is 1.79. The van der Waals surface area contributed by atoms with E-state index >= 15 is 0 Å². The number of hydrogen-bond donors (Lipinski definition) is 1. The van der Waals surface area contributed by atoms with Gasteiger partial charge in [0, 0.05) is 7.11 Å². The fraction of sp³-hybridized carbons (Fsp3) is 0.846. The van der Waals surface area contributed by atoms with Crippen molar-refractivity contribution in [1.82, 2.24) is 0 Å². The second-order valence-electron chi connectivity index (χ2n) is 4.48. The van der Waals surface area contributed by atoms with Crippen LogP contribution in [0.5, 0.6) is 0 Å². The standard InChI is InChI=1S/C13H25NO/c1-4-13(5-2,15-3)12(14)11-9-7-6-8-10-11/h9,12H,4-8,10,14H2,1-3H3. The summed E-state index contributed by atoms with van der Waals surface area (Å²) >= 11 is 0. The van der Waals surface area contributed by atoms with E-state index in [1.807, 2.05) is 0 Å². The van der Waals surface area contributed by atoms with Gasteiger partial charge >= 0.3 is 0 Å². The molecule has 1 aliphatic rings. The Bertz CT molecular complexity index is 210. The Morgan fingerprint density at radius 3 is 2.47 bits per heavy atom. The Morgan fingerprint density at radius 2 is 2.07 bits per heavy atom. The molecular formula is C13H25NO. The van der Waals surface area contributed by atoms with Crippen molar-refractivity contribution < 1.29 is 4.74 Å². The maximum atomic E-state index is 6.37. The molecule has 0 radical (unpaired) electrons. The average molecular weight is 211 g/mol. The van der Waals surface area contributed by atoms with Crippen molar-refractivity contribution in [3.63, 3.8) is 0 Å². The van der Waals surface area contributed by atoms with Crippen LogP contribution in [-0.2, 0) is 4.74 Å². The summed E-state index contributed by atoms with van der Waals surface area (Å²) in [5.74, 6) is 0. The first-order valence-electron chi connectivity index (χ1n) is 6.19. The maximum Gasteiger partial charge on any atom is 0.0861 e. The lowest BCUT2D eigenvalue weighted by Crippen LogP contribution is -2.50. The molecule has 0 amide bonds. The number of hydrogen-bond acceptors (Lipinski definition) is 2. The second kappa shape index (κ2) is 5.66. The Morgan fingerprint density at radius 1 is 1.40 bits per heavy atom. The molecule has 0 heterocycles. The molecule has 1 atom stereocenters. The Hall–Kier alpha value is -0.340. The van der Waals surface area contributed by atoms with Crippen molar-refractivity contribution in [3.05, 3.63) is 11.6 Å². The summed E-state index contributed by atoms with van der Waals surface area (Å²) in [5.41, 5.74) is 7.63. The zero-order valence-corrected chi connectivity index (χ0v) is 10.4. The zero-order valence-electron chi connectivity index (χ0n) is 10.4. The van der Waals surface area contributed by atoms with Gasteiger partial charge in [-0.15, -0.1) is 0 Å². The van der Waals surface area contributed by atoms with Crippen molar-refractivity contribution >= 4 is 0 Å². The van der Waals surface area contributed by atoms with Crippen LogP contribution in [0.1, 0.15) is 52.4 Å². The van der Waals surface area contributed by atoms with Crippen LogP contribution in [-0.4, -0.2) is 18.8 Å². The number of rotatable bonds is 5. The molecule has 0 saturated heterocycles. The molecule has 0 saturated carbocycles. The van der Waals surface area contributed by atoms with E-state index in [0.29, 0.717) is 0 Å². The van der Waals surface area contributed by atoms with Gasteiger partial charge in [-0.25, -0.2) is 0 Å². The van der Waals surface area contributed by atoms with E-state index in [1.54, 1.807) is 7.11 Å².